The molecule has 3 bridgehead atoms. The number of carbonyl (C=O) groups is 1. The second-order valence-electron chi connectivity index (χ2n) is 11.8. The summed E-state index contributed by atoms with van der Waals surface area (Å²) in [5, 5.41) is 34.1. The van der Waals surface area contributed by atoms with Crippen molar-refractivity contribution < 1.29 is 39.1 Å². The number of epoxide rings is 1. The van der Waals surface area contributed by atoms with Gasteiger partial charge in [0.25, 0.3) is 0 Å². The van der Waals surface area contributed by atoms with Gasteiger partial charge in [0.15, 0.2) is 11.4 Å². The van der Waals surface area contributed by atoms with E-state index in [1.54, 1.807) is 6.92 Å². The van der Waals surface area contributed by atoms with E-state index in [9.17, 15) is 20.1 Å². The lowest BCUT2D eigenvalue weighted by molar-refractivity contribution is -0.442. The number of fused-ring (bicyclic) bond motifs is 3. The minimum atomic E-state index is -2.13. The van der Waals surface area contributed by atoms with Gasteiger partial charge in [0.1, 0.15) is 29.5 Å². The van der Waals surface area contributed by atoms with Crippen molar-refractivity contribution in [2.24, 2.45) is 23.7 Å². The number of aliphatic hydroxyl groups excluding tert-OH is 2. The lowest BCUT2D eigenvalue weighted by atomic mass is 9.54. The third-order valence-electron chi connectivity index (χ3n) is 10.2. The lowest BCUT2D eigenvalue weighted by Gasteiger charge is -2.60. The third-order valence-corrected chi connectivity index (χ3v) is 10.2. The molecule has 7 rings (SSSR count). The standard InChI is InChI=1S/C27H32O8/c1-13(2)23-11-15(4)26-17-10-14(3)19(29)25(17,31)22(30)24(12-28)21(32-24)18(26)20(23)33-27(34-23,35-26)16-8-6-5-7-9-16/h5-9,14-15,17-18,20-22,28,30-31H,1,10-12H2,2-4H3/t14-,15+,17?,18?,20+,21-,22+,23+,24-,25+,26-,27?/m0/s1. The summed E-state index contributed by atoms with van der Waals surface area (Å²) in [6.45, 7) is 9.47. The second kappa shape index (κ2) is 6.42. The van der Waals surface area contributed by atoms with Crippen molar-refractivity contribution in [3.63, 3.8) is 0 Å². The Labute approximate surface area is 203 Å². The number of Topliss-reactive ketones (excluding diaryl/α,β-unsaturated/α-hetero) is 1. The topological polar surface area (TPSA) is 118 Å². The van der Waals surface area contributed by atoms with Crippen molar-refractivity contribution in [3.8, 4) is 0 Å². The van der Waals surface area contributed by atoms with Crippen molar-refractivity contribution in [1.82, 2.24) is 0 Å². The Morgan fingerprint density at radius 2 is 1.86 bits per heavy atom. The zero-order chi connectivity index (χ0) is 24.8. The molecule has 3 N–H and O–H groups in total. The number of aliphatic hydroxyl groups is 3. The van der Waals surface area contributed by atoms with E-state index in [1.165, 1.54) is 0 Å². The summed E-state index contributed by atoms with van der Waals surface area (Å²) in [5.74, 6) is -3.91. The predicted octanol–water partition coefficient (Wildman–Crippen LogP) is 1.41. The fourth-order valence-electron chi connectivity index (χ4n) is 8.55. The first-order valence-electron chi connectivity index (χ1n) is 12.6. The van der Waals surface area contributed by atoms with Gasteiger partial charge in [-0.1, -0.05) is 50.8 Å². The van der Waals surface area contributed by atoms with Crippen molar-refractivity contribution in [1.29, 1.82) is 0 Å². The maximum absolute atomic E-state index is 13.5. The van der Waals surface area contributed by atoms with Gasteiger partial charge in [0.2, 0.25) is 0 Å². The maximum atomic E-state index is 13.5. The van der Waals surface area contributed by atoms with E-state index in [4.69, 9.17) is 18.9 Å². The van der Waals surface area contributed by atoms with Crippen LogP contribution in [-0.4, -0.2) is 68.4 Å². The van der Waals surface area contributed by atoms with Crippen molar-refractivity contribution in [2.75, 3.05) is 6.61 Å². The van der Waals surface area contributed by atoms with Gasteiger partial charge in [-0.3, -0.25) is 4.79 Å². The van der Waals surface area contributed by atoms with Crippen molar-refractivity contribution in [2.45, 2.75) is 80.3 Å². The highest BCUT2D eigenvalue weighted by Gasteiger charge is 2.89. The van der Waals surface area contributed by atoms with Gasteiger partial charge in [0.05, 0.1) is 12.2 Å². The quantitative estimate of drug-likeness (QED) is 0.436. The Balaban J connectivity index is 1.52. The molecule has 0 radical (unpaired) electrons. The molecule has 6 aliphatic rings. The fourth-order valence-corrected chi connectivity index (χ4v) is 8.55. The van der Waals surface area contributed by atoms with Crippen molar-refractivity contribution >= 4 is 5.78 Å². The van der Waals surface area contributed by atoms with Crippen LogP contribution in [0.3, 0.4) is 0 Å². The van der Waals surface area contributed by atoms with Crippen LogP contribution in [0.2, 0.25) is 0 Å². The van der Waals surface area contributed by atoms with Gasteiger partial charge in [-0.25, -0.2) is 0 Å². The van der Waals surface area contributed by atoms with Crippen LogP contribution < -0.4 is 0 Å². The number of hydrogen-bond donors (Lipinski definition) is 3. The summed E-state index contributed by atoms with van der Waals surface area (Å²) in [4.78, 5) is 13.5. The normalized spacial score (nSPS) is 57.3. The molecule has 6 fully saturated rings. The zero-order valence-corrected chi connectivity index (χ0v) is 20.1. The summed E-state index contributed by atoms with van der Waals surface area (Å²) in [7, 11) is 0. The van der Waals surface area contributed by atoms with Crippen LogP contribution >= 0.6 is 0 Å². The van der Waals surface area contributed by atoms with Gasteiger partial charge in [0, 0.05) is 23.3 Å². The smallest absolute Gasteiger partial charge is 0.313 e. The molecule has 3 unspecified atom stereocenters. The molecule has 1 aromatic rings. The number of ketones is 1. The van der Waals surface area contributed by atoms with Crippen LogP contribution in [-0.2, 0) is 29.7 Å². The number of ether oxygens (including phenoxy) is 4. The molecule has 3 heterocycles. The summed E-state index contributed by atoms with van der Waals surface area (Å²) in [5.41, 5.74) is -4.14. The molecule has 12 atom stereocenters. The van der Waals surface area contributed by atoms with Gasteiger partial charge < -0.3 is 34.3 Å². The summed E-state index contributed by atoms with van der Waals surface area (Å²) < 4.78 is 26.6. The van der Waals surface area contributed by atoms with Crippen LogP contribution in [0, 0.1) is 23.7 Å². The van der Waals surface area contributed by atoms with E-state index in [2.05, 4.69) is 6.58 Å². The van der Waals surface area contributed by atoms with Gasteiger partial charge >= 0.3 is 5.97 Å². The SMILES string of the molecule is C=C(C)[C@]12C[C@@H](C)[C@@]34OC(c5ccccc5)(O[C@@H]1C3[C@@H]1O[C@]1(CO)[C@@H](O)[C@]1(O)C(=O)[C@@H](C)CC41)O2. The van der Waals surface area contributed by atoms with E-state index >= 15 is 0 Å². The van der Waals surface area contributed by atoms with E-state index in [0.717, 1.165) is 5.57 Å². The van der Waals surface area contributed by atoms with Crippen molar-refractivity contribution in [3.05, 3.63) is 48.0 Å². The highest BCUT2D eigenvalue weighted by Crippen LogP contribution is 2.74. The van der Waals surface area contributed by atoms with Crippen LogP contribution in [0.4, 0.5) is 0 Å². The molecule has 8 heteroatoms. The maximum Gasteiger partial charge on any atom is 0.313 e. The summed E-state index contributed by atoms with van der Waals surface area (Å²) in [6, 6.07) is 9.41. The fraction of sp³-hybridized carbons (Fsp3) is 0.667. The molecule has 0 spiro atoms. The Bertz CT molecular complexity index is 1140. The highest BCUT2D eigenvalue weighted by molar-refractivity contribution is 5.93. The summed E-state index contributed by atoms with van der Waals surface area (Å²) >= 11 is 0. The van der Waals surface area contributed by atoms with E-state index in [0.29, 0.717) is 18.4 Å². The third kappa shape index (κ3) is 2.20. The number of rotatable bonds is 3. The Hall–Kier alpha value is -1.65. The molecule has 8 nitrogen and oxygen atoms in total. The predicted molar refractivity (Wildman–Crippen MR) is 121 cm³/mol. The van der Waals surface area contributed by atoms with Crippen LogP contribution in [0.25, 0.3) is 0 Å². The van der Waals surface area contributed by atoms with E-state index in [1.807, 2.05) is 44.2 Å². The zero-order valence-electron chi connectivity index (χ0n) is 20.1. The highest BCUT2D eigenvalue weighted by atomic mass is 16.9. The Morgan fingerprint density at radius 1 is 1.14 bits per heavy atom. The van der Waals surface area contributed by atoms with Gasteiger partial charge in [-0.05, 0) is 31.3 Å². The average Bonchev–Trinajstić information content (AvgIpc) is 3.48. The molecule has 3 saturated heterocycles. The number of hydrogen-bond acceptors (Lipinski definition) is 8. The Morgan fingerprint density at radius 3 is 2.51 bits per heavy atom. The number of benzene rings is 1. The minimum absolute atomic E-state index is 0.199. The molecular weight excluding hydrogens is 452 g/mol. The molecule has 35 heavy (non-hydrogen) atoms. The molecule has 1 aromatic carbocycles. The minimum Gasteiger partial charge on any atom is -0.393 e. The van der Waals surface area contributed by atoms with Crippen LogP contribution in [0.5, 0.6) is 0 Å². The summed E-state index contributed by atoms with van der Waals surface area (Å²) in [6.07, 6.45) is -1.97. The Kier molecular flexibility index (Phi) is 4.14. The molecule has 3 saturated carbocycles. The average molecular weight is 485 g/mol. The molecular formula is C27H32O8. The molecule has 3 aliphatic heterocycles. The van der Waals surface area contributed by atoms with E-state index in [-0.39, 0.29) is 5.92 Å². The van der Waals surface area contributed by atoms with E-state index < -0.39 is 76.8 Å². The van der Waals surface area contributed by atoms with Crippen LogP contribution in [0.1, 0.15) is 39.2 Å². The van der Waals surface area contributed by atoms with Gasteiger partial charge in [-0.15, -0.1) is 0 Å². The lowest BCUT2D eigenvalue weighted by Crippen LogP contribution is -2.72. The molecule has 3 aliphatic carbocycles. The first-order valence-corrected chi connectivity index (χ1v) is 12.6. The first-order chi connectivity index (χ1) is 16.5. The number of carbonyl (C=O) groups excluding carboxylic acids is 1. The molecule has 0 aromatic heterocycles. The van der Waals surface area contributed by atoms with Crippen LogP contribution in [0.15, 0.2) is 42.5 Å². The largest absolute Gasteiger partial charge is 0.393 e. The first kappa shape index (κ1) is 22.5. The van der Waals surface area contributed by atoms with Gasteiger partial charge in [-0.2, -0.15) is 0 Å². The second-order valence-corrected chi connectivity index (χ2v) is 11.8. The molecule has 0 amide bonds. The monoisotopic (exact) mass is 484 g/mol. The molecule has 188 valence electrons.